The van der Waals surface area contributed by atoms with Crippen molar-refractivity contribution >= 4 is 10.8 Å². The van der Waals surface area contributed by atoms with Crippen molar-refractivity contribution in [2.45, 2.75) is 0 Å². The highest BCUT2D eigenvalue weighted by Crippen LogP contribution is 2.21. The summed E-state index contributed by atoms with van der Waals surface area (Å²) in [5.74, 6) is 2.10. The summed E-state index contributed by atoms with van der Waals surface area (Å²) in [5, 5.41) is 9.90. The Morgan fingerprint density at radius 1 is 0.760 bits per heavy atom. The Labute approximate surface area is 144 Å². The van der Waals surface area contributed by atoms with Gasteiger partial charge in [-0.15, -0.1) is 10.2 Å². The second-order valence-corrected chi connectivity index (χ2v) is 5.47. The van der Waals surface area contributed by atoms with Crippen LogP contribution in [0.25, 0.3) is 22.2 Å². The van der Waals surface area contributed by atoms with Gasteiger partial charge in [0.05, 0.1) is 0 Å². The number of ether oxygens (including phenoxy) is 2. The van der Waals surface area contributed by atoms with Crippen LogP contribution in [0.5, 0.6) is 11.5 Å². The maximum Gasteiger partial charge on any atom is 0.247 e. The molecule has 4 rings (SSSR count). The van der Waals surface area contributed by atoms with E-state index in [4.69, 9.17) is 13.9 Å². The molecule has 0 aliphatic carbocycles. The zero-order chi connectivity index (χ0) is 16.9. The fourth-order valence-electron chi connectivity index (χ4n) is 2.57. The molecule has 0 radical (unpaired) electrons. The molecule has 0 atom stereocenters. The van der Waals surface area contributed by atoms with Crippen molar-refractivity contribution in [1.82, 2.24) is 10.2 Å². The molecule has 0 bridgehead atoms. The lowest BCUT2D eigenvalue weighted by molar-refractivity contribution is 0.217. The minimum Gasteiger partial charge on any atom is -0.490 e. The highest BCUT2D eigenvalue weighted by Gasteiger charge is 2.03. The van der Waals surface area contributed by atoms with E-state index in [9.17, 15) is 0 Å². The zero-order valence-corrected chi connectivity index (χ0v) is 13.5. The molecule has 0 aliphatic heterocycles. The number of fused-ring (bicyclic) bond motifs is 1. The van der Waals surface area contributed by atoms with E-state index in [1.807, 2.05) is 48.5 Å². The minimum absolute atomic E-state index is 0.465. The second-order valence-electron chi connectivity index (χ2n) is 5.47. The number of benzene rings is 3. The van der Waals surface area contributed by atoms with Crippen LogP contribution >= 0.6 is 0 Å². The summed E-state index contributed by atoms with van der Waals surface area (Å²) >= 11 is 0. The van der Waals surface area contributed by atoms with Crippen molar-refractivity contribution < 1.29 is 13.9 Å². The smallest absolute Gasteiger partial charge is 0.247 e. The van der Waals surface area contributed by atoms with Crippen LogP contribution in [0.2, 0.25) is 0 Å². The number of hydrogen-bond acceptors (Lipinski definition) is 5. The van der Waals surface area contributed by atoms with Gasteiger partial charge in [0.15, 0.2) is 0 Å². The predicted octanol–water partition coefficient (Wildman–Crippen LogP) is 4.35. The van der Waals surface area contributed by atoms with Crippen LogP contribution in [0.3, 0.4) is 0 Å². The first-order valence-corrected chi connectivity index (χ1v) is 7.99. The van der Waals surface area contributed by atoms with Crippen LogP contribution in [-0.2, 0) is 0 Å². The molecule has 0 saturated carbocycles. The molecule has 1 aromatic heterocycles. The summed E-state index contributed by atoms with van der Waals surface area (Å²) in [6, 6.07) is 21.8. The van der Waals surface area contributed by atoms with Gasteiger partial charge in [-0.25, -0.2) is 0 Å². The molecule has 124 valence electrons. The first-order chi connectivity index (χ1) is 12.4. The highest BCUT2D eigenvalue weighted by atomic mass is 16.5. The Balaban J connectivity index is 1.30. The summed E-state index contributed by atoms with van der Waals surface area (Å²) in [5.41, 5.74) is 0.859. The molecule has 5 nitrogen and oxygen atoms in total. The predicted molar refractivity (Wildman–Crippen MR) is 94.7 cm³/mol. The Hall–Kier alpha value is -3.34. The van der Waals surface area contributed by atoms with Gasteiger partial charge in [0.1, 0.15) is 24.7 Å². The van der Waals surface area contributed by atoms with Gasteiger partial charge in [-0.3, -0.25) is 0 Å². The van der Waals surface area contributed by atoms with Gasteiger partial charge in [0.2, 0.25) is 12.3 Å². The molecule has 0 unspecified atom stereocenters. The van der Waals surface area contributed by atoms with Crippen molar-refractivity contribution in [1.29, 1.82) is 0 Å². The van der Waals surface area contributed by atoms with Gasteiger partial charge in [-0.05, 0) is 47.2 Å². The van der Waals surface area contributed by atoms with Gasteiger partial charge < -0.3 is 13.9 Å². The molecule has 0 N–H and O–H groups in total. The van der Waals surface area contributed by atoms with Crippen LogP contribution in [-0.4, -0.2) is 23.4 Å². The fourth-order valence-corrected chi connectivity index (χ4v) is 2.57. The first kappa shape index (κ1) is 15.2. The number of nitrogens with zero attached hydrogens (tertiary/aromatic N) is 2. The van der Waals surface area contributed by atoms with Gasteiger partial charge >= 0.3 is 0 Å². The lowest BCUT2D eigenvalue weighted by Crippen LogP contribution is -2.08. The Morgan fingerprint density at radius 3 is 2.24 bits per heavy atom. The number of rotatable bonds is 6. The van der Waals surface area contributed by atoms with Crippen LogP contribution in [0.4, 0.5) is 0 Å². The summed E-state index contributed by atoms with van der Waals surface area (Å²) in [7, 11) is 0. The van der Waals surface area contributed by atoms with Crippen molar-refractivity contribution in [3.8, 4) is 23.0 Å². The first-order valence-electron chi connectivity index (χ1n) is 7.99. The van der Waals surface area contributed by atoms with Gasteiger partial charge in [0, 0.05) is 5.56 Å². The molecule has 0 fully saturated rings. The minimum atomic E-state index is 0.465. The van der Waals surface area contributed by atoms with E-state index in [0.29, 0.717) is 19.1 Å². The topological polar surface area (TPSA) is 57.4 Å². The van der Waals surface area contributed by atoms with E-state index >= 15 is 0 Å². The quantitative estimate of drug-likeness (QED) is 0.491. The van der Waals surface area contributed by atoms with Gasteiger partial charge in [-0.1, -0.05) is 30.3 Å². The molecule has 3 aromatic carbocycles. The summed E-state index contributed by atoms with van der Waals surface area (Å²) in [4.78, 5) is 0. The third-order valence-corrected chi connectivity index (χ3v) is 3.80. The Kier molecular flexibility index (Phi) is 4.29. The maximum atomic E-state index is 5.76. The molecule has 5 heteroatoms. The van der Waals surface area contributed by atoms with Crippen LogP contribution in [0.15, 0.2) is 77.5 Å². The SMILES string of the molecule is c1ccc2cc(OCCOc3ccc(-c4nnco4)cc3)ccc2c1. The van der Waals surface area contributed by atoms with Gasteiger partial charge in [0.25, 0.3) is 0 Å². The van der Waals surface area contributed by atoms with Gasteiger partial charge in [-0.2, -0.15) is 0 Å². The molecule has 0 amide bonds. The standard InChI is InChI=1S/C20H16N2O3/c1-2-4-17-13-19(10-5-15(17)3-1)24-12-11-23-18-8-6-16(7-9-18)20-22-21-14-25-20/h1-10,13-14H,11-12H2. The third-order valence-electron chi connectivity index (χ3n) is 3.80. The molecular weight excluding hydrogens is 316 g/mol. The van der Waals surface area contributed by atoms with E-state index in [1.165, 1.54) is 11.8 Å². The maximum absolute atomic E-state index is 5.76. The molecule has 0 aliphatic rings. The summed E-state index contributed by atoms with van der Waals surface area (Å²) in [6.07, 6.45) is 1.31. The largest absolute Gasteiger partial charge is 0.490 e. The molecule has 0 spiro atoms. The van der Waals surface area contributed by atoms with Crippen molar-refractivity contribution in [2.75, 3.05) is 13.2 Å². The molecular formula is C20H16N2O3. The van der Waals surface area contributed by atoms with E-state index in [1.54, 1.807) is 0 Å². The number of hydrogen-bond donors (Lipinski definition) is 0. The summed E-state index contributed by atoms with van der Waals surface area (Å²) in [6.45, 7) is 0.941. The van der Waals surface area contributed by atoms with E-state index in [0.717, 1.165) is 22.4 Å². The van der Waals surface area contributed by atoms with Crippen LogP contribution in [0, 0.1) is 0 Å². The monoisotopic (exact) mass is 332 g/mol. The second kappa shape index (κ2) is 7.05. The Bertz CT molecular complexity index is 950. The highest BCUT2D eigenvalue weighted by molar-refractivity contribution is 5.83. The average Bonchev–Trinajstić information content (AvgIpc) is 3.20. The lowest BCUT2D eigenvalue weighted by atomic mass is 10.1. The van der Waals surface area contributed by atoms with Crippen molar-refractivity contribution in [3.05, 3.63) is 73.1 Å². The van der Waals surface area contributed by atoms with Crippen LogP contribution < -0.4 is 9.47 Å². The Morgan fingerprint density at radius 2 is 1.48 bits per heavy atom. The average molecular weight is 332 g/mol. The molecule has 25 heavy (non-hydrogen) atoms. The van der Waals surface area contributed by atoms with Crippen molar-refractivity contribution in [2.24, 2.45) is 0 Å². The number of aromatic nitrogens is 2. The molecule has 4 aromatic rings. The van der Waals surface area contributed by atoms with E-state index < -0.39 is 0 Å². The van der Waals surface area contributed by atoms with E-state index in [-0.39, 0.29) is 0 Å². The molecule has 0 saturated heterocycles. The normalized spacial score (nSPS) is 10.7. The zero-order valence-electron chi connectivity index (χ0n) is 13.5. The van der Waals surface area contributed by atoms with E-state index in [2.05, 4.69) is 28.4 Å². The van der Waals surface area contributed by atoms with Crippen LogP contribution in [0.1, 0.15) is 0 Å². The van der Waals surface area contributed by atoms with Crippen molar-refractivity contribution in [3.63, 3.8) is 0 Å². The lowest BCUT2D eigenvalue weighted by Gasteiger charge is -2.09. The summed E-state index contributed by atoms with van der Waals surface area (Å²) < 4.78 is 16.6. The fraction of sp³-hybridized carbons (Fsp3) is 0.100. The third kappa shape index (κ3) is 3.61. The molecule has 1 heterocycles.